The van der Waals surface area contributed by atoms with Crippen molar-refractivity contribution in [1.82, 2.24) is 14.9 Å². The quantitative estimate of drug-likeness (QED) is 0.745. The van der Waals surface area contributed by atoms with Crippen LogP contribution in [0.15, 0.2) is 12.3 Å². The first-order valence-electron chi connectivity index (χ1n) is 7.79. The molecular formula is C15H24BrN5O2. The Morgan fingerprint density at radius 3 is 2.57 bits per heavy atom. The van der Waals surface area contributed by atoms with E-state index in [9.17, 15) is 4.79 Å². The third-order valence-corrected chi connectivity index (χ3v) is 4.23. The molecule has 2 rings (SSSR count). The molecule has 0 bridgehead atoms. The second kappa shape index (κ2) is 7.33. The predicted octanol–water partition coefficient (Wildman–Crippen LogP) is 2.67. The number of rotatable bonds is 3. The highest BCUT2D eigenvalue weighted by molar-refractivity contribution is 9.10. The van der Waals surface area contributed by atoms with Crippen molar-refractivity contribution in [2.75, 3.05) is 41.5 Å². The fourth-order valence-corrected chi connectivity index (χ4v) is 2.40. The van der Waals surface area contributed by atoms with Crippen LogP contribution in [0.5, 0.6) is 0 Å². The second-order valence-corrected chi connectivity index (χ2v) is 7.20. The van der Waals surface area contributed by atoms with Crippen LogP contribution in [-0.2, 0) is 4.74 Å². The van der Waals surface area contributed by atoms with Crippen LogP contribution in [-0.4, -0.2) is 59.3 Å². The summed E-state index contributed by atoms with van der Waals surface area (Å²) < 4.78 is 7.29. The molecule has 1 amide bonds. The Morgan fingerprint density at radius 2 is 2.00 bits per heavy atom. The molecule has 8 heteroatoms. The van der Waals surface area contributed by atoms with Crippen LogP contribution in [0.1, 0.15) is 27.7 Å². The monoisotopic (exact) mass is 385 g/mol. The van der Waals surface area contributed by atoms with Gasteiger partial charge in [-0.1, -0.05) is 0 Å². The largest absolute Gasteiger partial charge is 0.444 e. The summed E-state index contributed by atoms with van der Waals surface area (Å²) in [4.78, 5) is 24.8. The first-order valence-corrected chi connectivity index (χ1v) is 8.50. The standard InChI is InChI=1S/C15H24BrN5O2/c1-5-21(16)12-6-7-17-13(18-12)19-8-10-20(11-9-19)14(22)23-15(2,3)4/h6-7H,5,8-11H2,1-4H3. The SMILES string of the molecule is CCN(Br)c1ccnc(N2CCN(C(=O)OC(C)(C)C)CC2)n1. The first kappa shape index (κ1) is 17.8. The minimum Gasteiger partial charge on any atom is -0.444 e. The number of halogens is 1. The van der Waals surface area contributed by atoms with E-state index in [2.05, 4.69) is 31.0 Å². The van der Waals surface area contributed by atoms with Crippen molar-refractivity contribution in [2.24, 2.45) is 0 Å². The molecule has 0 atom stereocenters. The van der Waals surface area contributed by atoms with Crippen molar-refractivity contribution in [2.45, 2.75) is 33.3 Å². The summed E-state index contributed by atoms with van der Waals surface area (Å²) in [6.07, 6.45) is 1.49. The number of amides is 1. The van der Waals surface area contributed by atoms with Gasteiger partial charge in [-0.2, -0.15) is 4.98 Å². The number of carbonyl (C=O) groups is 1. The molecule has 7 nitrogen and oxygen atoms in total. The van der Waals surface area contributed by atoms with E-state index in [1.807, 2.05) is 37.7 Å². The zero-order chi connectivity index (χ0) is 17.0. The average Bonchev–Trinajstić information content (AvgIpc) is 2.53. The maximum absolute atomic E-state index is 12.1. The number of nitrogens with zero attached hydrogens (tertiary/aromatic N) is 5. The number of piperazine rings is 1. The van der Waals surface area contributed by atoms with Gasteiger partial charge in [0.25, 0.3) is 0 Å². The van der Waals surface area contributed by atoms with E-state index in [1.54, 1.807) is 11.1 Å². The molecule has 0 aromatic carbocycles. The molecule has 1 aliphatic rings. The Bertz CT molecular complexity index is 541. The van der Waals surface area contributed by atoms with Gasteiger partial charge in [-0.15, -0.1) is 0 Å². The molecule has 1 saturated heterocycles. The Kier molecular flexibility index (Phi) is 5.67. The van der Waals surface area contributed by atoms with E-state index in [-0.39, 0.29) is 6.09 Å². The number of hydrogen-bond donors (Lipinski definition) is 0. The van der Waals surface area contributed by atoms with Gasteiger partial charge in [0.15, 0.2) is 0 Å². The van der Waals surface area contributed by atoms with E-state index in [4.69, 9.17) is 4.74 Å². The highest BCUT2D eigenvalue weighted by Crippen LogP contribution is 2.19. The van der Waals surface area contributed by atoms with Crippen LogP contribution >= 0.6 is 16.1 Å². The molecule has 0 unspecified atom stereocenters. The number of anilines is 2. The zero-order valence-electron chi connectivity index (χ0n) is 14.1. The molecule has 0 radical (unpaired) electrons. The van der Waals surface area contributed by atoms with Crippen LogP contribution in [0.3, 0.4) is 0 Å². The normalized spacial score (nSPS) is 15.5. The summed E-state index contributed by atoms with van der Waals surface area (Å²) in [5, 5.41) is 0. The highest BCUT2D eigenvalue weighted by atomic mass is 79.9. The van der Waals surface area contributed by atoms with Gasteiger partial charge in [0.2, 0.25) is 5.95 Å². The molecular weight excluding hydrogens is 362 g/mol. The molecule has 1 fully saturated rings. The van der Waals surface area contributed by atoms with E-state index in [0.717, 1.165) is 12.4 Å². The Labute approximate surface area is 146 Å². The van der Waals surface area contributed by atoms with Crippen LogP contribution in [0.25, 0.3) is 0 Å². The van der Waals surface area contributed by atoms with E-state index < -0.39 is 5.60 Å². The summed E-state index contributed by atoms with van der Waals surface area (Å²) in [5.41, 5.74) is -0.467. The lowest BCUT2D eigenvalue weighted by Gasteiger charge is -2.35. The van der Waals surface area contributed by atoms with Crippen molar-refractivity contribution in [3.63, 3.8) is 0 Å². The molecule has 2 heterocycles. The van der Waals surface area contributed by atoms with Gasteiger partial charge in [-0.25, -0.2) is 9.78 Å². The van der Waals surface area contributed by atoms with Crippen molar-refractivity contribution in [3.8, 4) is 0 Å². The molecule has 23 heavy (non-hydrogen) atoms. The summed E-state index contributed by atoms with van der Waals surface area (Å²) in [7, 11) is 0. The lowest BCUT2D eigenvalue weighted by atomic mass is 10.2. The third kappa shape index (κ3) is 4.95. The van der Waals surface area contributed by atoms with Gasteiger partial charge in [-0.3, -0.25) is 3.93 Å². The van der Waals surface area contributed by atoms with E-state index in [0.29, 0.717) is 32.1 Å². The molecule has 128 valence electrons. The van der Waals surface area contributed by atoms with Gasteiger partial charge in [-0.05, 0) is 27.7 Å². The van der Waals surface area contributed by atoms with Gasteiger partial charge in [0, 0.05) is 45.0 Å². The van der Waals surface area contributed by atoms with Crippen molar-refractivity contribution in [1.29, 1.82) is 0 Å². The van der Waals surface area contributed by atoms with Crippen LogP contribution < -0.4 is 8.83 Å². The van der Waals surface area contributed by atoms with Gasteiger partial charge in [0.05, 0.1) is 16.1 Å². The fourth-order valence-electron chi connectivity index (χ4n) is 2.20. The minimum atomic E-state index is -0.467. The molecule has 0 aliphatic carbocycles. The maximum atomic E-state index is 12.1. The highest BCUT2D eigenvalue weighted by Gasteiger charge is 2.26. The molecule has 0 spiro atoms. The summed E-state index contributed by atoms with van der Waals surface area (Å²) in [6.45, 7) is 11.1. The predicted molar refractivity (Wildman–Crippen MR) is 94.0 cm³/mol. The van der Waals surface area contributed by atoms with Crippen LogP contribution in [0, 0.1) is 0 Å². The van der Waals surface area contributed by atoms with Gasteiger partial charge >= 0.3 is 6.09 Å². The van der Waals surface area contributed by atoms with Crippen molar-refractivity contribution >= 4 is 34.0 Å². The number of hydrogen-bond acceptors (Lipinski definition) is 6. The maximum Gasteiger partial charge on any atom is 0.410 e. The van der Waals surface area contributed by atoms with E-state index >= 15 is 0 Å². The molecule has 1 aliphatic heterocycles. The average molecular weight is 386 g/mol. The lowest BCUT2D eigenvalue weighted by Crippen LogP contribution is -2.50. The molecule has 1 aromatic rings. The molecule has 1 aromatic heterocycles. The number of aromatic nitrogens is 2. The number of ether oxygens (including phenoxy) is 1. The fraction of sp³-hybridized carbons (Fsp3) is 0.667. The van der Waals surface area contributed by atoms with Crippen LogP contribution in [0.2, 0.25) is 0 Å². The van der Waals surface area contributed by atoms with Crippen LogP contribution in [0.4, 0.5) is 16.6 Å². The first-order chi connectivity index (χ1) is 10.8. The topological polar surface area (TPSA) is 61.8 Å². The van der Waals surface area contributed by atoms with E-state index in [1.165, 1.54) is 0 Å². The Morgan fingerprint density at radius 1 is 1.35 bits per heavy atom. The molecule has 0 N–H and O–H groups in total. The van der Waals surface area contributed by atoms with Gasteiger partial charge < -0.3 is 14.5 Å². The minimum absolute atomic E-state index is 0.260. The third-order valence-electron chi connectivity index (χ3n) is 3.37. The smallest absolute Gasteiger partial charge is 0.410 e. The number of carbonyl (C=O) groups excluding carboxylic acids is 1. The van der Waals surface area contributed by atoms with Gasteiger partial charge in [0.1, 0.15) is 11.4 Å². The van der Waals surface area contributed by atoms with Crippen molar-refractivity contribution < 1.29 is 9.53 Å². The summed E-state index contributed by atoms with van der Waals surface area (Å²) in [5.74, 6) is 1.51. The Balaban J connectivity index is 1.95. The summed E-state index contributed by atoms with van der Waals surface area (Å²) >= 11 is 3.45. The summed E-state index contributed by atoms with van der Waals surface area (Å²) in [6, 6.07) is 1.86. The zero-order valence-corrected chi connectivity index (χ0v) is 15.7. The molecule has 0 saturated carbocycles. The second-order valence-electron chi connectivity index (χ2n) is 6.35. The van der Waals surface area contributed by atoms with Crippen molar-refractivity contribution in [3.05, 3.63) is 12.3 Å². The lowest BCUT2D eigenvalue weighted by molar-refractivity contribution is 0.0240. The Hall–Kier alpha value is -1.57.